The van der Waals surface area contributed by atoms with Gasteiger partial charge in [-0.1, -0.05) is 5.21 Å². The maximum Gasteiger partial charge on any atom is 0.254 e. The van der Waals surface area contributed by atoms with Gasteiger partial charge in [0.05, 0.1) is 19.8 Å². The summed E-state index contributed by atoms with van der Waals surface area (Å²) in [4.78, 5) is 14.5. The molecule has 2 heterocycles. The Balaban J connectivity index is 1.47. The van der Waals surface area contributed by atoms with E-state index in [0.29, 0.717) is 49.4 Å². The van der Waals surface area contributed by atoms with Gasteiger partial charge in [-0.15, -0.1) is 10.2 Å². The van der Waals surface area contributed by atoms with Gasteiger partial charge in [0.15, 0.2) is 0 Å². The van der Waals surface area contributed by atoms with Gasteiger partial charge in [-0.05, 0) is 30.9 Å². The Morgan fingerprint density at radius 3 is 3.04 bits per heavy atom. The first-order valence-corrected chi connectivity index (χ1v) is 8.30. The average Bonchev–Trinajstić information content (AvgIpc) is 3.30. The molecule has 9 heteroatoms. The Hall–Kier alpha value is -2.68. The summed E-state index contributed by atoms with van der Waals surface area (Å²) in [5, 5.41) is 23.6. The van der Waals surface area contributed by atoms with E-state index in [9.17, 15) is 9.90 Å². The molecule has 1 unspecified atom stereocenters. The molecule has 2 aliphatic rings. The average molecular weight is 345 g/mol. The number of aromatic amines is 1. The van der Waals surface area contributed by atoms with Crippen LogP contribution in [0.2, 0.25) is 0 Å². The summed E-state index contributed by atoms with van der Waals surface area (Å²) in [5.41, 5.74) is 0.388. The van der Waals surface area contributed by atoms with Gasteiger partial charge in [0.2, 0.25) is 5.82 Å². The zero-order valence-corrected chi connectivity index (χ0v) is 13.6. The normalized spacial score (nSPS) is 20.5. The first-order valence-electron chi connectivity index (χ1n) is 8.30. The largest absolute Gasteiger partial charge is 0.508 e. The summed E-state index contributed by atoms with van der Waals surface area (Å²) >= 11 is 0. The van der Waals surface area contributed by atoms with E-state index >= 15 is 0 Å². The molecule has 1 saturated heterocycles. The van der Waals surface area contributed by atoms with Crippen molar-refractivity contribution in [2.24, 2.45) is 5.92 Å². The number of ether oxygens (including phenoxy) is 2. The smallest absolute Gasteiger partial charge is 0.254 e. The first kappa shape index (κ1) is 15.8. The van der Waals surface area contributed by atoms with Crippen LogP contribution in [0, 0.1) is 5.92 Å². The number of nitrogens with one attached hydrogen (secondary N) is 1. The second-order valence-electron chi connectivity index (χ2n) is 6.35. The van der Waals surface area contributed by atoms with Gasteiger partial charge < -0.3 is 19.5 Å². The number of aromatic nitrogens is 4. The van der Waals surface area contributed by atoms with Crippen molar-refractivity contribution in [2.75, 3.05) is 26.3 Å². The van der Waals surface area contributed by atoms with E-state index in [0.717, 1.165) is 0 Å². The molecule has 132 valence electrons. The zero-order valence-electron chi connectivity index (χ0n) is 13.6. The number of rotatable bonds is 5. The summed E-state index contributed by atoms with van der Waals surface area (Å²) in [6.45, 7) is 1.79. The second kappa shape index (κ2) is 6.67. The highest BCUT2D eigenvalue weighted by atomic mass is 16.5. The molecule has 1 saturated carbocycles. The molecule has 1 aliphatic heterocycles. The van der Waals surface area contributed by atoms with Crippen LogP contribution in [0.15, 0.2) is 18.2 Å². The molecular formula is C16H19N5O4. The summed E-state index contributed by atoms with van der Waals surface area (Å²) in [6, 6.07) is 4.65. The van der Waals surface area contributed by atoms with Gasteiger partial charge in [0, 0.05) is 18.2 Å². The van der Waals surface area contributed by atoms with E-state index in [-0.39, 0.29) is 11.7 Å². The molecule has 1 aromatic carbocycles. The maximum absolute atomic E-state index is 12.8. The lowest BCUT2D eigenvalue weighted by molar-refractivity contribution is -0.0268. The van der Waals surface area contributed by atoms with E-state index < -0.39 is 6.10 Å². The monoisotopic (exact) mass is 345 g/mol. The summed E-state index contributed by atoms with van der Waals surface area (Å²) in [7, 11) is 0. The molecular weight excluding hydrogens is 326 g/mol. The molecule has 0 radical (unpaired) electrons. The van der Waals surface area contributed by atoms with Gasteiger partial charge in [-0.3, -0.25) is 4.79 Å². The Bertz CT molecular complexity index is 747. The molecule has 1 amide bonds. The minimum Gasteiger partial charge on any atom is -0.508 e. The van der Waals surface area contributed by atoms with Crippen molar-refractivity contribution in [3.63, 3.8) is 0 Å². The van der Waals surface area contributed by atoms with Crippen LogP contribution in [-0.2, 0) is 4.74 Å². The SMILES string of the molecule is O=C(c1cc(O)cc(OCC2CC2)c1)N1CCOC(c2nn[nH]n2)C1. The predicted molar refractivity (Wildman–Crippen MR) is 85.1 cm³/mol. The second-order valence-corrected chi connectivity index (χ2v) is 6.35. The Morgan fingerprint density at radius 1 is 1.40 bits per heavy atom. The van der Waals surface area contributed by atoms with Crippen LogP contribution in [0.1, 0.15) is 35.1 Å². The maximum atomic E-state index is 12.8. The van der Waals surface area contributed by atoms with E-state index in [1.54, 1.807) is 11.0 Å². The molecule has 2 fully saturated rings. The summed E-state index contributed by atoms with van der Waals surface area (Å²) in [6.07, 6.45) is 1.94. The van der Waals surface area contributed by atoms with Crippen molar-refractivity contribution >= 4 is 5.91 Å². The van der Waals surface area contributed by atoms with E-state index in [2.05, 4.69) is 20.6 Å². The van der Waals surface area contributed by atoms with Crippen LogP contribution in [0.4, 0.5) is 0 Å². The molecule has 2 N–H and O–H groups in total. The third-order valence-corrected chi connectivity index (χ3v) is 4.32. The molecule has 4 rings (SSSR count). The van der Waals surface area contributed by atoms with E-state index in [1.165, 1.54) is 25.0 Å². The third-order valence-electron chi connectivity index (χ3n) is 4.32. The molecule has 1 atom stereocenters. The quantitative estimate of drug-likeness (QED) is 0.828. The Labute approximate surface area is 143 Å². The highest BCUT2D eigenvalue weighted by Crippen LogP contribution is 2.31. The number of benzene rings is 1. The number of tetrazole rings is 1. The number of morpholine rings is 1. The zero-order chi connectivity index (χ0) is 17.2. The predicted octanol–water partition coefficient (Wildman–Crippen LogP) is 0.908. The van der Waals surface area contributed by atoms with Crippen LogP contribution in [0.25, 0.3) is 0 Å². The number of hydrogen-bond donors (Lipinski definition) is 2. The van der Waals surface area contributed by atoms with Crippen molar-refractivity contribution in [1.29, 1.82) is 0 Å². The number of phenols is 1. The van der Waals surface area contributed by atoms with Crippen molar-refractivity contribution in [3.05, 3.63) is 29.6 Å². The number of H-pyrrole nitrogens is 1. The summed E-state index contributed by atoms with van der Waals surface area (Å²) < 4.78 is 11.3. The van der Waals surface area contributed by atoms with Crippen molar-refractivity contribution < 1.29 is 19.4 Å². The van der Waals surface area contributed by atoms with Crippen molar-refractivity contribution in [2.45, 2.75) is 18.9 Å². The van der Waals surface area contributed by atoms with Gasteiger partial charge in [0.1, 0.15) is 17.6 Å². The number of nitrogens with zero attached hydrogens (tertiary/aromatic N) is 4. The lowest BCUT2D eigenvalue weighted by Gasteiger charge is -2.31. The van der Waals surface area contributed by atoms with Crippen LogP contribution in [-0.4, -0.2) is 62.8 Å². The Morgan fingerprint density at radius 2 is 2.28 bits per heavy atom. The fourth-order valence-electron chi connectivity index (χ4n) is 2.77. The van der Waals surface area contributed by atoms with Gasteiger partial charge in [0.25, 0.3) is 5.91 Å². The molecule has 9 nitrogen and oxygen atoms in total. The van der Waals surface area contributed by atoms with Crippen LogP contribution in [0.3, 0.4) is 0 Å². The number of carbonyl (C=O) groups is 1. The van der Waals surface area contributed by atoms with Crippen LogP contribution >= 0.6 is 0 Å². The van der Waals surface area contributed by atoms with Crippen LogP contribution < -0.4 is 4.74 Å². The number of amides is 1. The molecule has 25 heavy (non-hydrogen) atoms. The molecule has 1 aliphatic carbocycles. The minimum absolute atomic E-state index is 0.0135. The van der Waals surface area contributed by atoms with Gasteiger partial charge >= 0.3 is 0 Å². The minimum atomic E-state index is -0.417. The van der Waals surface area contributed by atoms with E-state index in [1.807, 2.05) is 0 Å². The van der Waals surface area contributed by atoms with Crippen LogP contribution in [0.5, 0.6) is 11.5 Å². The summed E-state index contributed by atoms with van der Waals surface area (Å²) in [5.74, 6) is 1.35. The van der Waals surface area contributed by atoms with Gasteiger partial charge in [-0.2, -0.15) is 5.21 Å². The standard InChI is InChI=1S/C16H19N5O4/c22-12-5-11(6-13(7-12)25-9-10-1-2-10)16(23)21-3-4-24-14(8-21)15-17-19-20-18-15/h5-7,10,14,22H,1-4,8-9H2,(H,17,18,19,20). The van der Waals surface area contributed by atoms with Crippen molar-refractivity contribution in [3.8, 4) is 11.5 Å². The lowest BCUT2D eigenvalue weighted by atomic mass is 10.1. The van der Waals surface area contributed by atoms with Gasteiger partial charge in [-0.25, -0.2) is 0 Å². The fourth-order valence-corrected chi connectivity index (χ4v) is 2.77. The molecule has 2 aromatic rings. The molecule has 0 bridgehead atoms. The molecule has 1 aromatic heterocycles. The highest BCUT2D eigenvalue weighted by molar-refractivity contribution is 5.95. The topological polar surface area (TPSA) is 113 Å². The fraction of sp³-hybridized carbons (Fsp3) is 0.500. The lowest BCUT2D eigenvalue weighted by Crippen LogP contribution is -2.42. The first-order chi connectivity index (χ1) is 12.2. The number of phenolic OH excluding ortho intramolecular Hbond substituents is 1. The Kier molecular flexibility index (Phi) is 4.22. The number of aromatic hydroxyl groups is 1. The third kappa shape index (κ3) is 3.71. The number of carbonyl (C=O) groups excluding carboxylic acids is 1. The molecule has 0 spiro atoms. The number of hydrogen-bond acceptors (Lipinski definition) is 7. The van der Waals surface area contributed by atoms with Crippen molar-refractivity contribution in [1.82, 2.24) is 25.5 Å². The highest BCUT2D eigenvalue weighted by Gasteiger charge is 2.29. The van der Waals surface area contributed by atoms with E-state index in [4.69, 9.17) is 9.47 Å².